The van der Waals surface area contributed by atoms with Crippen LogP contribution in [0, 0.1) is 11.7 Å². The molecular weight excluding hydrogens is 471 g/mol. The Bertz CT molecular complexity index is 1020. The van der Waals surface area contributed by atoms with Crippen molar-refractivity contribution in [2.24, 2.45) is 5.92 Å². The SMILES string of the molecule is CC(C)CN[C@H](CNC(=O)c1ccc(Cl)s1)C(=O)Nc1ccc(N2CCOCC2=O)cc1F. The second-order valence-corrected chi connectivity index (χ2v) is 9.63. The molecule has 3 amide bonds. The molecule has 0 saturated carbocycles. The lowest BCUT2D eigenvalue weighted by molar-refractivity contribution is -0.125. The zero-order valence-corrected chi connectivity index (χ0v) is 19.9. The van der Waals surface area contributed by atoms with Crippen LogP contribution in [0.2, 0.25) is 4.34 Å². The van der Waals surface area contributed by atoms with Gasteiger partial charge in [0.15, 0.2) is 0 Å². The average Bonchev–Trinajstić information content (AvgIpc) is 3.21. The second-order valence-electron chi connectivity index (χ2n) is 7.92. The molecule has 0 aliphatic carbocycles. The Hall–Kier alpha value is -2.53. The average molecular weight is 497 g/mol. The molecule has 11 heteroatoms. The first-order valence-electron chi connectivity index (χ1n) is 10.5. The number of amides is 3. The molecule has 1 atom stereocenters. The van der Waals surface area contributed by atoms with E-state index >= 15 is 0 Å². The van der Waals surface area contributed by atoms with Crippen molar-refractivity contribution in [2.45, 2.75) is 19.9 Å². The normalized spacial score (nSPS) is 14.9. The molecule has 33 heavy (non-hydrogen) atoms. The van der Waals surface area contributed by atoms with Crippen molar-refractivity contribution in [3.63, 3.8) is 0 Å². The molecule has 3 N–H and O–H groups in total. The minimum Gasteiger partial charge on any atom is -0.370 e. The van der Waals surface area contributed by atoms with Gasteiger partial charge in [-0.2, -0.15) is 0 Å². The number of nitrogens with zero attached hydrogens (tertiary/aromatic N) is 1. The maximum absolute atomic E-state index is 14.7. The predicted molar refractivity (Wildman–Crippen MR) is 126 cm³/mol. The van der Waals surface area contributed by atoms with E-state index in [4.69, 9.17) is 16.3 Å². The molecule has 1 saturated heterocycles. The van der Waals surface area contributed by atoms with E-state index in [0.29, 0.717) is 34.6 Å². The summed E-state index contributed by atoms with van der Waals surface area (Å²) in [5.41, 5.74) is 0.382. The summed E-state index contributed by atoms with van der Waals surface area (Å²) >= 11 is 7.01. The fourth-order valence-corrected chi connectivity index (χ4v) is 4.10. The summed E-state index contributed by atoms with van der Waals surface area (Å²) in [6, 6.07) is 6.64. The van der Waals surface area contributed by atoms with Crippen molar-refractivity contribution in [2.75, 3.05) is 43.1 Å². The predicted octanol–water partition coefficient (Wildman–Crippen LogP) is 2.89. The molecule has 0 bridgehead atoms. The van der Waals surface area contributed by atoms with Crippen molar-refractivity contribution in [3.8, 4) is 0 Å². The van der Waals surface area contributed by atoms with E-state index in [1.807, 2.05) is 13.8 Å². The molecule has 1 aromatic carbocycles. The van der Waals surface area contributed by atoms with Gasteiger partial charge in [0.1, 0.15) is 18.5 Å². The van der Waals surface area contributed by atoms with Crippen LogP contribution in [0.1, 0.15) is 23.5 Å². The number of morpholine rings is 1. The van der Waals surface area contributed by atoms with Gasteiger partial charge < -0.3 is 25.6 Å². The lowest BCUT2D eigenvalue weighted by Gasteiger charge is -2.27. The van der Waals surface area contributed by atoms with Gasteiger partial charge in [-0.1, -0.05) is 25.4 Å². The first kappa shape index (κ1) is 25.1. The summed E-state index contributed by atoms with van der Waals surface area (Å²) in [6.45, 7) is 5.17. The van der Waals surface area contributed by atoms with E-state index in [0.717, 1.165) is 11.3 Å². The molecule has 1 aromatic heterocycles. The molecule has 0 spiro atoms. The van der Waals surface area contributed by atoms with E-state index in [2.05, 4.69) is 16.0 Å². The smallest absolute Gasteiger partial charge is 0.261 e. The monoisotopic (exact) mass is 496 g/mol. The Labute approximate surface area is 200 Å². The van der Waals surface area contributed by atoms with Crippen molar-refractivity contribution >= 4 is 52.0 Å². The highest BCUT2D eigenvalue weighted by atomic mass is 35.5. The van der Waals surface area contributed by atoms with E-state index in [9.17, 15) is 18.8 Å². The number of carbonyl (C=O) groups is 3. The summed E-state index contributed by atoms with van der Waals surface area (Å²) < 4.78 is 20.3. The first-order chi connectivity index (χ1) is 15.7. The summed E-state index contributed by atoms with van der Waals surface area (Å²) in [4.78, 5) is 39.1. The van der Waals surface area contributed by atoms with Crippen molar-refractivity contribution in [1.29, 1.82) is 0 Å². The number of anilines is 2. The summed E-state index contributed by atoms with van der Waals surface area (Å²) in [7, 11) is 0. The second kappa shape index (κ2) is 11.6. The number of ether oxygens (including phenoxy) is 1. The topological polar surface area (TPSA) is 99.8 Å². The fraction of sp³-hybridized carbons (Fsp3) is 0.409. The number of rotatable bonds is 9. The van der Waals surface area contributed by atoms with Crippen LogP contribution in [-0.2, 0) is 14.3 Å². The number of thiophene rings is 1. The van der Waals surface area contributed by atoms with Crippen LogP contribution in [0.25, 0.3) is 0 Å². The van der Waals surface area contributed by atoms with Crippen LogP contribution < -0.4 is 20.9 Å². The van der Waals surface area contributed by atoms with Crippen LogP contribution in [0.5, 0.6) is 0 Å². The molecule has 0 radical (unpaired) electrons. The Morgan fingerprint density at radius 2 is 2.03 bits per heavy atom. The molecule has 2 heterocycles. The Balaban J connectivity index is 1.66. The van der Waals surface area contributed by atoms with Gasteiger partial charge in [0.2, 0.25) is 5.91 Å². The fourth-order valence-electron chi connectivity index (χ4n) is 3.14. The number of nitrogens with one attached hydrogen (secondary N) is 3. The molecule has 0 unspecified atom stereocenters. The molecular formula is C22H26ClFN4O4S. The highest BCUT2D eigenvalue weighted by Gasteiger charge is 2.24. The minimum absolute atomic E-state index is 0.00882. The largest absolute Gasteiger partial charge is 0.370 e. The number of hydrogen-bond donors (Lipinski definition) is 3. The van der Waals surface area contributed by atoms with Crippen LogP contribution in [-0.4, -0.2) is 56.6 Å². The quantitative estimate of drug-likeness (QED) is 0.495. The number of carbonyl (C=O) groups excluding carboxylic acids is 3. The highest BCUT2D eigenvalue weighted by molar-refractivity contribution is 7.18. The first-order valence-corrected chi connectivity index (χ1v) is 11.7. The van der Waals surface area contributed by atoms with Crippen molar-refractivity contribution in [3.05, 3.63) is 45.4 Å². The lowest BCUT2D eigenvalue weighted by atomic mass is 10.1. The Kier molecular flexibility index (Phi) is 8.79. The van der Waals surface area contributed by atoms with Gasteiger partial charge in [0.25, 0.3) is 11.8 Å². The van der Waals surface area contributed by atoms with Crippen LogP contribution in [0.4, 0.5) is 15.8 Å². The highest BCUT2D eigenvalue weighted by Crippen LogP contribution is 2.24. The zero-order chi connectivity index (χ0) is 24.0. The van der Waals surface area contributed by atoms with E-state index in [1.54, 1.807) is 18.2 Å². The maximum atomic E-state index is 14.7. The molecule has 2 aromatic rings. The van der Waals surface area contributed by atoms with Crippen molar-refractivity contribution < 1.29 is 23.5 Å². The third-order valence-electron chi connectivity index (χ3n) is 4.86. The van der Waals surface area contributed by atoms with Gasteiger partial charge >= 0.3 is 0 Å². The number of hydrogen-bond acceptors (Lipinski definition) is 6. The lowest BCUT2D eigenvalue weighted by Crippen LogP contribution is -2.49. The molecule has 1 aliphatic rings. The van der Waals surface area contributed by atoms with Gasteiger partial charge in [0, 0.05) is 18.8 Å². The third-order valence-corrected chi connectivity index (χ3v) is 6.09. The van der Waals surface area contributed by atoms with Crippen LogP contribution >= 0.6 is 22.9 Å². The van der Waals surface area contributed by atoms with Gasteiger partial charge in [-0.05, 0) is 42.8 Å². The number of benzene rings is 1. The number of halogens is 2. The standard InChI is InChI=1S/C22H26ClFN4O4S/c1-13(2)10-25-17(11-26-22(31)18-5-6-19(23)33-18)21(30)27-16-4-3-14(9-15(16)24)28-7-8-32-12-20(28)29/h3-6,9,13,17,25H,7-8,10-12H2,1-2H3,(H,26,31)(H,27,30)/t17-/m1/s1. The van der Waals surface area contributed by atoms with Crippen LogP contribution in [0.15, 0.2) is 30.3 Å². The van der Waals surface area contributed by atoms with E-state index in [1.165, 1.54) is 17.0 Å². The van der Waals surface area contributed by atoms with Gasteiger partial charge in [0.05, 0.1) is 21.5 Å². The van der Waals surface area contributed by atoms with Crippen LogP contribution in [0.3, 0.4) is 0 Å². The molecule has 3 rings (SSSR count). The van der Waals surface area contributed by atoms with Gasteiger partial charge in [-0.3, -0.25) is 14.4 Å². The van der Waals surface area contributed by atoms with Gasteiger partial charge in [-0.15, -0.1) is 11.3 Å². The third kappa shape index (κ3) is 6.97. The molecule has 1 aliphatic heterocycles. The summed E-state index contributed by atoms with van der Waals surface area (Å²) in [6.07, 6.45) is 0. The maximum Gasteiger partial charge on any atom is 0.261 e. The Morgan fingerprint density at radius 1 is 1.24 bits per heavy atom. The Morgan fingerprint density at radius 3 is 2.67 bits per heavy atom. The van der Waals surface area contributed by atoms with Crippen molar-refractivity contribution in [1.82, 2.24) is 10.6 Å². The van der Waals surface area contributed by atoms with E-state index < -0.39 is 17.8 Å². The van der Waals surface area contributed by atoms with Gasteiger partial charge in [-0.25, -0.2) is 4.39 Å². The zero-order valence-electron chi connectivity index (χ0n) is 18.3. The molecule has 8 nitrogen and oxygen atoms in total. The summed E-state index contributed by atoms with van der Waals surface area (Å²) in [5, 5.41) is 8.38. The molecule has 178 valence electrons. The summed E-state index contributed by atoms with van der Waals surface area (Å²) in [5.74, 6) is -1.50. The minimum atomic E-state index is -0.785. The molecule has 1 fully saturated rings. The van der Waals surface area contributed by atoms with E-state index in [-0.39, 0.29) is 36.6 Å².